The molecule has 0 spiro atoms. The highest BCUT2D eigenvalue weighted by Gasteiger charge is 2.29. The standard InChI is InChI=1S/C4H12O3Si.C2H8OSi/c1-5-8(4,6-2)7-3;1-2-3-4/h1-4H3;2H2,1,4H3. The summed E-state index contributed by atoms with van der Waals surface area (Å²) in [5.41, 5.74) is 0. The third-order valence-electron chi connectivity index (χ3n) is 1.40. The smallest absolute Gasteiger partial charge is 0.428 e. The molecule has 0 saturated heterocycles. The molecule has 0 fully saturated rings. The van der Waals surface area contributed by atoms with Gasteiger partial charge in [-0.15, -0.1) is 0 Å². The maximum Gasteiger partial charge on any atom is 0.496 e. The lowest BCUT2D eigenvalue weighted by molar-refractivity contribution is 0.132. The highest BCUT2D eigenvalue weighted by atomic mass is 28.4. The SMILES string of the molecule is CCO[SiH3].CO[Si](C)(OC)OC. The summed E-state index contributed by atoms with van der Waals surface area (Å²) in [7, 11) is 3.47. The van der Waals surface area contributed by atoms with Gasteiger partial charge in [0.15, 0.2) is 0 Å². The predicted molar refractivity (Wildman–Crippen MR) is 54.2 cm³/mol. The summed E-state index contributed by atoms with van der Waals surface area (Å²) < 4.78 is 19.5. The van der Waals surface area contributed by atoms with Crippen molar-refractivity contribution in [3.8, 4) is 0 Å². The Labute approximate surface area is 79.1 Å². The Balaban J connectivity index is 0. The first kappa shape index (κ1) is 14.8. The fourth-order valence-corrected chi connectivity index (χ4v) is 0.750. The zero-order chi connectivity index (χ0) is 10.0. The van der Waals surface area contributed by atoms with Crippen LogP contribution in [-0.2, 0) is 17.7 Å². The average molecular weight is 212 g/mol. The molecule has 0 atom stereocenters. The molecule has 0 rings (SSSR count). The molecule has 0 aliphatic rings. The Morgan fingerprint density at radius 1 is 1.08 bits per heavy atom. The van der Waals surface area contributed by atoms with E-state index in [2.05, 4.69) is 4.43 Å². The maximum absolute atomic E-state index is 4.93. The summed E-state index contributed by atoms with van der Waals surface area (Å²) in [5, 5.41) is 0. The minimum Gasteiger partial charge on any atom is -0.428 e. The molecule has 0 amide bonds. The third kappa shape index (κ3) is 8.37. The number of hydrogen-bond donors (Lipinski definition) is 0. The molecule has 0 aliphatic heterocycles. The first-order chi connectivity index (χ1) is 5.60. The van der Waals surface area contributed by atoms with Gasteiger partial charge in [0.25, 0.3) is 0 Å². The van der Waals surface area contributed by atoms with Crippen LogP contribution in [0.1, 0.15) is 6.92 Å². The van der Waals surface area contributed by atoms with Gasteiger partial charge in [-0.05, 0) is 6.92 Å². The fraction of sp³-hybridized carbons (Fsp3) is 1.00. The van der Waals surface area contributed by atoms with Crippen molar-refractivity contribution in [2.24, 2.45) is 0 Å². The van der Waals surface area contributed by atoms with Gasteiger partial charge in [-0.25, -0.2) is 0 Å². The van der Waals surface area contributed by atoms with E-state index < -0.39 is 8.80 Å². The molecule has 76 valence electrons. The largest absolute Gasteiger partial charge is 0.496 e. The van der Waals surface area contributed by atoms with E-state index in [1.54, 1.807) is 21.3 Å². The van der Waals surface area contributed by atoms with Gasteiger partial charge >= 0.3 is 8.80 Å². The van der Waals surface area contributed by atoms with E-state index in [0.29, 0.717) is 0 Å². The van der Waals surface area contributed by atoms with Crippen LogP contribution in [0, 0.1) is 0 Å². The van der Waals surface area contributed by atoms with Crippen molar-refractivity contribution in [2.75, 3.05) is 27.9 Å². The van der Waals surface area contributed by atoms with Crippen molar-refractivity contribution in [1.29, 1.82) is 0 Å². The minimum atomic E-state index is -2.17. The van der Waals surface area contributed by atoms with Crippen molar-refractivity contribution < 1.29 is 17.7 Å². The number of hydrogen-bond acceptors (Lipinski definition) is 4. The van der Waals surface area contributed by atoms with Crippen molar-refractivity contribution in [2.45, 2.75) is 13.5 Å². The maximum atomic E-state index is 4.93. The summed E-state index contributed by atoms with van der Waals surface area (Å²) in [6.07, 6.45) is 0. The van der Waals surface area contributed by atoms with Gasteiger partial charge in [-0.3, -0.25) is 0 Å². The average Bonchev–Trinajstić information content (AvgIpc) is 2.17. The first-order valence-corrected chi connectivity index (χ1v) is 6.78. The quantitative estimate of drug-likeness (QED) is 0.605. The van der Waals surface area contributed by atoms with Crippen molar-refractivity contribution >= 4 is 19.3 Å². The molecule has 0 aromatic rings. The van der Waals surface area contributed by atoms with E-state index in [9.17, 15) is 0 Å². The van der Waals surface area contributed by atoms with Crippen LogP contribution in [-0.4, -0.2) is 47.2 Å². The summed E-state index contributed by atoms with van der Waals surface area (Å²) in [5.74, 6) is 0. The van der Waals surface area contributed by atoms with E-state index in [1.165, 1.54) is 0 Å². The molecule has 0 heterocycles. The first-order valence-electron chi connectivity index (χ1n) is 3.74. The van der Waals surface area contributed by atoms with Crippen molar-refractivity contribution in [3.63, 3.8) is 0 Å². The molecule has 0 unspecified atom stereocenters. The van der Waals surface area contributed by atoms with Gasteiger partial charge in [0, 0.05) is 34.5 Å². The lowest BCUT2D eigenvalue weighted by Crippen LogP contribution is -2.38. The summed E-state index contributed by atoms with van der Waals surface area (Å²) >= 11 is 0. The Bertz CT molecular complexity index is 77.4. The van der Waals surface area contributed by atoms with Crippen LogP contribution in [0.2, 0.25) is 6.55 Å². The summed E-state index contributed by atoms with van der Waals surface area (Å²) in [6.45, 7) is 4.70. The second kappa shape index (κ2) is 9.36. The fourth-order valence-electron chi connectivity index (χ4n) is 0.250. The highest BCUT2D eigenvalue weighted by Crippen LogP contribution is 2.02. The van der Waals surface area contributed by atoms with Gasteiger partial charge in [0.1, 0.15) is 10.5 Å². The van der Waals surface area contributed by atoms with Crippen molar-refractivity contribution in [3.05, 3.63) is 0 Å². The summed E-state index contributed by atoms with van der Waals surface area (Å²) in [6, 6.07) is 0. The predicted octanol–water partition coefficient (Wildman–Crippen LogP) is -0.202. The molecule has 0 radical (unpaired) electrons. The Hall–Kier alpha value is 0.274. The molecule has 12 heavy (non-hydrogen) atoms. The van der Waals surface area contributed by atoms with Crippen molar-refractivity contribution in [1.82, 2.24) is 0 Å². The lowest BCUT2D eigenvalue weighted by Gasteiger charge is -2.18. The third-order valence-corrected chi connectivity index (χ3v) is 4.20. The van der Waals surface area contributed by atoms with Gasteiger partial charge in [-0.1, -0.05) is 0 Å². The second-order valence-electron chi connectivity index (χ2n) is 2.05. The molecule has 6 heteroatoms. The molecular weight excluding hydrogens is 192 g/mol. The topological polar surface area (TPSA) is 36.9 Å². The van der Waals surface area contributed by atoms with Crippen LogP contribution in [0.15, 0.2) is 0 Å². The molecular formula is C6H20O4Si2. The normalized spacial score (nSPS) is 10.8. The summed E-state index contributed by atoms with van der Waals surface area (Å²) in [4.78, 5) is 0. The van der Waals surface area contributed by atoms with Crippen LogP contribution < -0.4 is 0 Å². The Morgan fingerprint density at radius 2 is 1.33 bits per heavy atom. The highest BCUT2D eigenvalue weighted by molar-refractivity contribution is 6.58. The minimum absolute atomic E-state index is 0.881. The van der Waals surface area contributed by atoms with E-state index >= 15 is 0 Å². The van der Waals surface area contributed by atoms with Crippen LogP contribution in [0.4, 0.5) is 0 Å². The van der Waals surface area contributed by atoms with E-state index in [1.807, 2.05) is 13.5 Å². The molecule has 0 aromatic carbocycles. The van der Waals surface area contributed by atoms with Crippen LogP contribution in [0.3, 0.4) is 0 Å². The van der Waals surface area contributed by atoms with Crippen LogP contribution >= 0.6 is 0 Å². The zero-order valence-electron chi connectivity index (χ0n) is 8.84. The monoisotopic (exact) mass is 212 g/mol. The second-order valence-corrected chi connectivity index (χ2v) is 5.58. The lowest BCUT2D eigenvalue weighted by atomic mass is 10.9. The molecule has 0 aliphatic carbocycles. The zero-order valence-corrected chi connectivity index (χ0v) is 11.8. The van der Waals surface area contributed by atoms with Crippen LogP contribution in [0.5, 0.6) is 0 Å². The van der Waals surface area contributed by atoms with E-state index in [-0.39, 0.29) is 0 Å². The molecule has 0 N–H and O–H groups in total. The molecule has 0 aromatic heterocycles. The van der Waals surface area contributed by atoms with Gasteiger partial charge in [0.2, 0.25) is 0 Å². The van der Waals surface area contributed by atoms with Crippen LogP contribution in [0.25, 0.3) is 0 Å². The van der Waals surface area contributed by atoms with E-state index in [4.69, 9.17) is 13.3 Å². The number of rotatable bonds is 4. The Kier molecular flexibility index (Phi) is 11.5. The van der Waals surface area contributed by atoms with Gasteiger partial charge in [-0.2, -0.15) is 0 Å². The van der Waals surface area contributed by atoms with Gasteiger partial charge < -0.3 is 17.7 Å². The Morgan fingerprint density at radius 3 is 1.33 bits per heavy atom. The van der Waals surface area contributed by atoms with E-state index in [0.717, 1.165) is 17.1 Å². The van der Waals surface area contributed by atoms with Gasteiger partial charge in [0.05, 0.1) is 0 Å². The molecule has 0 bridgehead atoms. The molecule has 0 saturated carbocycles. The molecule has 4 nitrogen and oxygen atoms in total.